The number of amides is 3. The van der Waals surface area contributed by atoms with Crippen LogP contribution in [0.2, 0.25) is 0 Å². The first-order chi connectivity index (χ1) is 10.5. The quantitative estimate of drug-likeness (QED) is 0.821. The molecule has 0 saturated heterocycles. The summed E-state index contributed by atoms with van der Waals surface area (Å²) in [6.45, 7) is 2.59. The SMILES string of the molecule is CCCC[C@@H]1C=CCN1C(=O)Nc1cc(C(N)=O)ccc1F. The van der Waals surface area contributed by atoms with Crippen LogP contribution in [0.25, 0.3) is 0 Å². The Hall–Kier alpha value is -2.37. The highest BCUT2D eigenvalue weighted by molar-refractivity contribution is 5.96. The minimum atomic E-state index is -0.667. The average molecular weight is 305 g/mol. The number of hydrogen-bond donors (Lipinski definition) is 2. The van der Waals surface area contributed by atoms with Crippen LogP contribution < -0.4 is 11.1 Å². The average Bonchev–Trinajstić information content (AvgIpc) is 2.95. The molecule has 0 aliphatic carbocycles. The number of hydrogen-bond acceptors (Lipinski definition) is 2. The van der Waals surface area contributed by atoms with Gasteiger partial charge in [-0.1, -0.05) is 31.9 Å². The number of anilines is 1. The monoisotopic (exact) mass is 305 g/mol. The smallest absolute Gasteiger partial charge is 0.322 e. The van der Waals surface area contributed by atoms with E-state index in [4.69, 9.17) is 5.73 Å². The van der Waals surface area contributed by atoms with Crippen LogP contribution in [0.5, 0.6) is 0 Å². The molecule has 3 amide bonds. The maximum Gasteiger partial charge on any atom is 0.322 e. The molecule has 1 atom stereocenters. The molecule has 0 aromatic heterocycles. The first-order valence-corrected chi connectivity index (χ1v) is 7.36. The number of carbonyl (C=O) groups is 2. The Kier molecular flexibility index (Phi) is 5.14. The summed E-state index contributed by atoms with van der Waals surface area (Å²) in [6, 6.07) is 3.30. The normalized spacial score (nSPS) is 16.8. The molecule has 2 rings (SSSR count). The molecule has 0 saturated carbocycles. The van der Waals surface area contributed by atoms with E-state index in [1.54, 1.807) is 4.90 Å². The van der Waals surface area contributed by atoms with E-state index in [9.17, 15) is 14.0 Å². The molecule has 0 radical (unpaired) electrons. The zero-order valence-electron chi connectivity index (χ0n) is 12.5. The lowest BCUT2D eigenvalue weighted by Gasteiger charge is -2.25. The van der Waals surface area contributed by atoms with Gasteiger partial charge in [-0.05, 0) is 24.6 Å². The van der Waals surface area contributed by atoms with Crippen molar-refractivity contribution in [2.75, 3.05) is 11.9 Å². The second-order valence-corrected chi connectivity index (χ2v) is 5.28. The van der Waals surface area contributed by atoms with Crippen molar-refractivity contribution < 1.29 is 14.0 Å². The molecule has 3 N–H and O–H groups in total. The van der Waals surface area contributed by atoms with Crippen LogP contribution >= 0.6 is 0 Å². The largest absolute Gasteiger partial charge is 0.366 e. The number of primary amides is 1. The molecule has 6 heteroatoms. The minimum Gasteiger partial charge on any atom is -0.366 e. The molecule has 22 heavy (non-hydrogen) atoms. The van der Waals surface area contributed by atoms with E-state index in [0.29, 0.717) is 6.54 Å². The van der Waals surface area contributed by atoms with Crippen molar-refractivity contribution in [1.29, 1.82) is 0 Å². The lowest BCUT2D eigenvalue weighted by molar-refractivity contribution is 0.1000. The number of carbonyl (C=O) groups excluding carboxylic acids is 2. The van der Waals surface area contributed by atoms with Crippen molar-refractivity contribution in [2.24, 2.45) is 5.73 Å². The highest BCUT2D eigenvalue weighted by Gasteiger charge is 2.24. The lowest BCUT2D eigenvalue weighted by atomic mass is 10.1. The summed E-state index contributed by atoms with van der Waals surface area (Å²) in [6.07, 6.45) is 6.87. The fraction of sp³-hybridized carbons (Fsp3) is 0.375. The predicted octanol–water partition coefficient (Wildman–Crippen LogP) is 2.89. The molecule has 1 aliphatic rings. The predicted molar refractivity (Wildman–Crippen MR) is 83.1 cm³/mol. The van der Waals surface area contributed by atoms with Crippen molar-refractivity contribution in [1.82, 2.24) is 4.90 Å². The molecule has 1 aromatic rings. The van der Waals surface area contributed by atoms with Crippen molar-refractivity contribution in [3.8, 4) is 0 Å². The highest BCUT2D eigenvalue weighted by atomic mass is 19.1. The van der Waals surface area contributed by atoms with Crippen molar-refractivity contribution >= 4 is 17.6 Å². The summed E-state index contributed by atoms with van der Waals surface area (Å²) >= 11 is 0. The Morgan fingerprint density at radius 2 is 2.23 bits per heavy atom. The maximum atomic E-state index is 13.8. The van der Waals surface area contributed by atoms with Crippen molar-refractivity contribution in [2.45, 2.75) is 32.2 Å². The molecule has 0 spiro atoms. The first-order valence-electron chi connectivity index (χ1n) is 7.36. The third-order valence-corrected chi connectivity index (χ3v) is 3.67. The summed E-state index contributed by atoms with van der Waals surface area (Å²) in [4.78, 5) is 25.1. The summed E-state index contributed by atoms with van der Waals surface area (Å²) in [7, 11) is 0. The van der Waals surface area contributed by atoms with Gasteiger partial charge in [-0.3, -0.25) is 4.79 Å². The summed E-state index contributed by atoms with van der Waals surface area (Å²) in [5.41, 5.74) is 5.28. The van der Waals surface area contributed by atoms with Gasteiger partial charge < -0.3 is 16.0 Å². The third-order valence-electron chi connectivity index (χ3n) is 3.67. The Morgan fingerprint density at radius 3 is 2.91 bits per heavy atom. The molecule has 1 heterocycles. The molecule has 0 unspecified atom stereocenters. The second kappa shape index (κ2) is 7.06. The van der Waals surface area contributed by atoms with E-state index < -0.39 is 11.7 Å². The van der Waals surface area contributed by atoms with Crippen LogP contribution in [0.1, 0.15) is 36.5 Å². The number of nitrogens with zero attached hydrogens (tertiary/aromatic N) is 1. The third kappa shape index (κ3) is 3.63. The topological polar surface area (TPSA) is 75.4 Å². The number of unbranched alkanes of at least 4 members (excludes halogenated alkanes) is 1. The molecule has 0 fully saturated rings. The van der Waals surface area contributed by atoms with Crippen LogP contribution in [0.15, 0.2) is 30.4 Å². The molecular weight excluding hydrogens is 285 g/mol. The van der Waals surface area contributed by atoms with Gasteiger partial charge in [0.15, 0.2) is 0 Å². The number of rotatable bonds is 5. The Labute approximate surface area is 129 Å². The zero-order valence-corrected chi connectivity index (χ0v) is 12.5. The van der Waals surface area contributed by atoms with E-state index in [0.717, 1.165) is 25.3 Å². The molecule has 0 bridgehead atoms. The molecule has 118 valence electrons. The van der Waals surface area contributed by atoms with Gasteiger partial charge in [0.05, 0.1) is 11.7 Å². The fourth-order valence-electron chi connectivity index (χ4n) is 2.43. The number of halogens is 1. The van der Waals surface area contributed by atoms with Gasteiger partial charge in [0, 0.05) is 12.1 Å². The van der Waals surface area contributed by atoms with E-state index in [2.05, 4.69) is 12.2 Å². The Bertz CT molecular complexity index is 601. The molecular formula is C16H20FN3O2. The number of benzene rings is 1. The van der Waals surface area contributed by atoms with Gasteiger partial charge in [0.25, 0.3) is 0 Å². The molecule has 5 nitrogen and oxygen atoms in total. The lowest BCUT2D eigenvalue weighted by Crippen LogP contribution is -2.39. The van der Waals surface area contributed by atoms with Gasteiger partial charge in [-0.15, -0.1) is 0 Å². The van der Waals surface area contributed by atoms with Crippen molar-refractivity contribution in [3.63, 3.8) is 0 Å². The van der Waals surface area contributed by atoms with Crippen LogP contribution in [0.3, 0.4) is 0 Å². The summed E-state index contributed by atoms with van der Waals surface area (Å²) in [5.74, 6) is -1.27. The number of nitrogens with two attached hydrogens (primary N) is 1. The standard InChI is InChI=1S/C16H20FN3O2/c1-2-3-5-12-6-4-9-20(12)16(22)19-14-10-11(15(18)21)7-8-13(14)17/h4,6-8,10,12H,2-3,5,9H2,1H3,(H2,18,21)(H,19,22)/t12-/m1/s1. The van der Waals surface area contributed by atoms with E-state index in [1.807, 2.05) is 12.2 Å². The Balaban J connectivity index is 2.08. The molecule has 1 aliphatic heterocycles. The second-order valence-electron chi connectivity index (χ2n) is 5.28. The zero-order chi connectivity index (χ0) is 16.1. The van der Waals surface area contributed by atoms with Crippen LogP contribution in [0.4, 0.5) is 14.9 Å². The van der Waals surface area contributed by atoms with Gasteiger partial charge in [0.1, 0.15) is 5.82 Å². The van der Waals surface area contributed by atoms with Gasteiger partial charge in [-0.2, -0.15) is 0 Å². The van der Waals surface area contributed by atoms with E-state index >= 15 is 0 Å². The van der Waals surface area contributed by atoms with Crippen LogP contribution in [0, 0.1) is 5.82 Å². The van der Waals surface area contributed by atoms with Gasteiger partial charge in [-0.25, -0.2) is 9.18 Å². The van der Waals surface area contributed by atoms with E-state index in [-0.39, 0.29) is 23.3 Å². The summed E-state index contributed by atoms with van der Waals surface area (Å²) in [5, 5.41) is 2.52. The van der Waals surface area contributed by atoms with Gasteiger partial charge >= 0.3 is 6.03 Å². The van der Waals surface area contributed by atoms with Crippen LogP contribution in [-0.4, -0.2) is 29.4 Å². The summed E-state index contributed by atoms with van der Waals surface area (Å²) < 4.78 is 13.8. The van der Waals surface area contributed by atoms with Crippen LogP contribution in [-0.2, 0) is 0 Å². The molecule has 1 aromatic carbocycles. The fourth-order valence-corrected chi connectivity index (χ4v) is 2.43. The number of urea groups is 1. The van der Waals surface area contributed by atoms with Crippen molar-refractivity contribution in [3.05, 3.63) is 41.7 Å². The van der Waals surface area contributed by atoms with E-state index in [1.165, 1.54) is 12.1 Å². The highest BCUT2D eigenvalue weighted by Crippen LogP contribution is 2.20. The van der Waals surface area contributed by atoms with Gasteiger partial charge in [0.2, 0.25) is 5.91 Å². The Morgan fingerprint density at radius 1 is 1.45 bits per heavy atom. The first kappa shape index (κ1) is 16.0. The minimum absolute atomic E-state index is 0.0299. The maximum absolute atomic E-state index is 13.8. The number of nitrogens with one attached hydrogen (secondary N) is 1.